The molecular formula is C22H27ClN2O4. The van der Waals surface area contributed by atoms with E-state index < -0.39 is 17.7 Å². The fourth-order valence-corrected chi connectivity index (χ4v) is 2.84. The first kappa shape index (κ1) is 22.6. The number of amides is 1. The number of hydrogen-bond acceptors (Lipinski definition) is 5. The van der Waals surface area contributed by atoms with Crippen molar-refractivity contribution in [1.82, 2.24) is 5.32 Å². The topological polar surface area (TPSA) is 76.7 Å². The minimum absolute atomic E-state index is 0.281. The lowest BCUT2D eigenvalue weighted by Crippen LogP contribution is -2.43. The Kier molecular flexibility index (Phi) is 7.91. The molecule has 0 aliphatic heterocycles. The van der Waals surface area contributed by atoms with Crippen LogP contribution in [0, 0.1) is 0 Å². The van der Waals surface area contributed by atoms with Gasteiger partial charge >= 0.3 is 12.1 Å². The lowest BCUT2D eigenvalue weighted by atomic mass is 10.1. The predicted octanol–water partition coefficient (Wildman–Crippen LogP) is 4.67. The molecule has 2 rings (SSSR count). The maximum absolute atomic E-state index is 12.3. The minimum Gasteiger partial charge on any atom is -0.465 e. The number of carbonyl (C=O) groups excluding carboxylic acids is 2. The molecule has 0 fully saturated rings. The number of ether oxygens (including phenoxy) is 2. The summed E-state index contributed by atoms with van der Waals surface area (Å²) in [5.74, 6) is -0.428. The van der Waals surface area contributed by atoms with Crippen LogP contribution in [0.15, 0.2) is 48.5 Å². The number of benzene rings is 2. The van der Waals surface area contributed by atoms with E-state index in [9.17, 15) is 9.59 Å². The fourth-order valence-electron chi connectivity index (χ4n) is 2.71. The van der Waals surface area contributed by atoms with Gasteiger partial charge in [-0.2, -0.15) is 0 Å². The summed E-state index contributed by atoms with van der Waals surface area (Å²) in [5, 5.41) is 6.78. The Balaban J connectivity index is 2.13. The number of alkyl carbamates (subject to hydrolysis) is 1. The molecule has 2 N–H and O–H groups in total. The second kappa shape index (κ2) is 10.2. The standard InChI is InChI=1S/C22H27ClN2O4/c1-22(2,3)29-21(27)25-17(13-15-9-11-16(23)12-10-15)14-24-19-8-6-5-7-18(19)20(26)28-4/h5-12,17,24H,13-14H2,1-4H3,(H,25,27)/t17-/m0/s1. The van der Waals surface area contributed by atoms with Gasteiger partial charge < -0.3 is 20.1 Å². The van der Waals surface area contributed by atoms with Crippen molar-refractivity contribution >= 4 is 29.4 Å². The van der Waals surface area contributed by atoms with Crippen LogP contribution in [-0.2, 0) is 15.9 Å². The van der Waals surface area contributed by atoms with Crippen molar-refractivity contribution in [2.45, 2.75) is 38.8 Å². The number of rotatable bonds is 7. The third-order valence-corrected chi connectivity index (χ3v) is 4.24. The predicted molar refractivity (Wildman–Crippen MR) is 115 cm³/mol. The quantitative estimate of drug-likeness (QED) is 0.638. The molecule has 1 atom stereocenters. The molecule has 0 radical (unpaired) electrons. The molecule has 0 aromatic heterocycles. The maximum Gasteiger partial charge on any atom is 0.407 e. The number of halogens is 1. The number of para-hydroxylation sites is 1. The first-order valence-electron chi connectivity index (χ1n) is 9.33. The van der Waals surface area contributed by atoms with Crippen LogP contribution in [0.2, 0.25) is 5.02 Å². The van der Waals surface area contributed by atoms with Crippen LogP contribution in [0.3, 0.4) is 0 Å². The third kappa shape index (κ3) is 7.66. The number of carbonyl (C=O) groups is 2. The van der Waals surface area contributed by atoms with Gasteiger partial charge in [0.2, 0.25) is 0 Å². The molecule has 0 saturated heterocycles. The number of hydrogen-bond donors (Lipinski definition) is 2. The summed E-state index contributed by atoms with van der Waals surface area (Å²) in [6.45, 7) is 5.82. The van der Waals surface area contributed by atoms with E-state index in [1.807, 2.05) is 39.0 Å². The molecule has 6 nitrogen and oxygen atoms in total. The number of esters is 1. The summed E-state index contributed by atoms with van der Waals surface area (Å²) >= 11 is 5.96. The Morgan fingerprint density at radius 1 is 1.07 bits per heavy atom. The molecule has 0 heterocycles. The van der Waals surface area contributed by atoms with Crippen molar-refractivity contribution in [1.29, 1.82) is 0 Å². The number of methoxy groups -OCH3 is 1. The average Bonchev–Trinajstić information content (AvgIpc) is 2.66. The molecule has 0 aliphatic rings. The van der Waals surface area contributed by atoms with Gasteiger partial charge in [0.1, 0.15) is 5.60 Å². The van der Waals surface area contributed by atoms with E-state index in [0.29, 0.717) is 29.2 Å². The summed E-state index contributed by atoms with van der Waals surface area (Å²) in [6.07, 6.45) is 0.0589. The van der Waals surface area contributed by atoms with Gasteiger partial charge in [-0.05, 0) is 57.0 Å². The zero-order valence-corrected chi connectivity index (χ0v) is 17.9. The highest BCUT2D eigenvalue weighted by Gasteiger charge is 2.20. The van der Waals surface area contributed by atoms with E-state index in [2.05, 4.69) is 10.6 Å². The fraction of sp³-hybridized carbons (Fsp3) is 0.364. The lowest BCUT2D eigenvalue weighted by molar-refractivity contribution is 0.0505. The van der Waals surface area contributed by atoms with E-state index in [-0.39, 0.29) is 6.04 Å². The highest BCUT2D eigenvalue weighted by atomic mass is 35.5. The van der Waals surface area contributed by atoms with E-state index in [4.69, 9.17) is 21.1 Å². The zero-order valence-electron chi connectivity index (χ0n) is 17.1. The Bertz CT molecular complexity index is 831. The van der Waals surface area contributed by atoms with Crippen LogP contribution in [0.5, 0.6) is 0 Å². The molecule has 29 heavy (non-hydrogen) atoms. The van der Waals surface area contributed by atoms with E-state index >= 15 is 0 Å². The Morgan fingerprint density at radius 2 is 1.72 bits per heavy atom. The van der Waals surface area contributed by atoms with Gasteiger partial charge in [0.15, 0.2) is 0 Å². The highest BCUT2D eigenvalue weighted by molar-refractivity contribution is 6.30. The van der Waals surface area contributed by atoms with Crippen LogP contribution in [0.4, 0.5) is 10.5 Å². The molecule has 1 amide bonds. The summed E-state index contributed by atoms with van der Waals surface area (Å²) in [7, 11) is 1.34. The summed E-state index contributed by atoms with van der Waals surface area (Å²) < 4.78 is 10.2. The summed E-state index contributed by atoms with van der Waals surface area (Å²) in [4.78, 5) is 24.3. The molecule has 0 aliphatic carbocycles. The molecule has 2 aromatic rings. The molecule has 156 valence electrons. The van der Waals surface area contributed by atoms with Crippen LogP contribution in [0.25, 0.3) is 0 Å². The molecule has 0 bridgehead atoms. The molecule has 2 aromatic carbocycles. The van der Waals surface area contributed by atoms with Crippen molar-refractivity contribution in [3.63, 3.8) is 0 Å². The SMILES string of the molecule is COC(=O)c1ccccc1NC[C@H](Cc1ccc(Cl)cc1)NC(=O)OC(C)(C)C. The van der Waals surface area contributed by atoms with Crippen LogP contribution in [-0.4, -0.2) is 37.4 Å². The molecule has 0 spiro atoms. The third-order valence-electron chi connectivity index (χ3n) is 3.99. The molecular weight excluding hydrogens is 392 g/mol. The van der Waals surface area contributed by atoms with E-state index in [1.165, 1.54) is 7.11 Å². The summed E-state index contributed by atoms with van der Waals surface area (Å²) in [5.41, 5.74) is 1.47. The van der Waals surface area contributed by atoms with Gasteiger partial charge in [-0.15, -0.1) is 0 Å². The first-order chi connectivity index (χ1) is 13.7. The Labute approximate surface area is 176 Å². The van der Waals surface area contributed by atoms with Crippen molar-refractivity contribution in [3.8, 4) is 0 Å². The number of nitrogens with one attached hydrogen (secondary N) is 2. The maximum atomic E-state index is 12.3. The van der Waals surface area contributed by atoms with Gasteiger partial charge in [-0.1, -0.05) is 35.9 Å². The van der Waals surface area contributed by atoms with Crippen LogP contribution >= 0.6 is 11.6 Å². The molecule has 7 heteroatoms. The monoisotopic (exact) mass is 418 g/mol. The highest BCUT2D eigenvalue weighted by Crippen LogP contribution is 2.17. The normalized spacial score (nSPS) is 12.0. The van der Waals surface area contributed by atoms with Crippen molar-refractivity contribution in [3.05, 3.63) is 64.7 Å². The Morgan fingerprint density at radius 3 is 2.34 bits per heavy atom. The zero-order chi connectivity index (χ0) is 21.4. The van der Waals surface area contributed by atoms with Gasteiger partial charge in [-0.3, -0.25) is 0 Å². The smallest absolute Gasteiger partial charge is 0.407 e. The van der Waals surface area contributed by atoms with E-state index in [1.54, 1.807) is 30.3 Å². The first-order valence-corrected chi connectivity index (χ1v) is 9.71. The van der Waals surface area contributed by atoms with Crippen LogP contribution in [0.1, 0.15) is 36.7 Å². The second-order valence-corrected chi connectivity index (χ2v) is 8.03. The van der Waals surface area contributed by atoms with Crippen molar-refractivity contribution in [2.24, 2.45) is 0 Å². The van der Waals surface area contributed by atoms with Gasteiger partial charge in [0.05, 0.1) is 18.7 Å². The summed E-state index contributed by atoms with van der Waals surface area (Å²) in [6, 6.07) is 14.2. The van der Waals surface area contributed by atoms with Crippen molar-refractivity contribution < 1.29 is 19.1 Å². The Hall–Kier alpha value is -2.73. The second-order valence-electron chi connectivity index (χ2n) is 7.59. The largest absolute Gasteiger partial charge is 0.465 e. The average molecular weight is 419 g/mol. The lowest BCUT2D eigenvalue weighted by Gasteiger charge is -2.24. The minimum atomic E-state index is -0.597. The molecule has 0 unspecified atom stereocenters. The van der Waals surface area contributed by atoms with E-state index in [0.717, 1.165) is 5.56 Å². The molecule has 0 saturated carbocycles. The van der Waals surface area contributed by atoms with Crippen molar-refractivity contribution in [2.75, 3.05) is 19.0 Å². The van der Waals surface area contributed by atoms with Gasteiger partial charge in [0, 0.05) is 17.3 Å². The van der Waals surface area contributed by atoms with Gasteiger partial charge in [-0.25, -0.2) is 9.59 Å². The number of anilines is 1. The van der Waals surface area contributed by atoms with Gasteiger partial charge in [0.25, 0.3) is 0 Å². The van der Waals surface area contributed by atoms with Crippen LogP contribution < -0.4 is 10.6 Å².